The number of amides is 4. The summed E-state index contributed by atoms with van der Waals surface area (Å²) in [5, 5.41) is 10.1. The molecule has 2 heterocycles. The van der Waals surface area contributed by atoms with Gasteiger partial charge >= 0.3 is 17.8 Å². The minimum Gasteiger partial charge on any atom is -0.495 e. The number of ether oxygens (including phenoxy) is 1. The predicted octanol–water partition coefficient (Wildman–Crippen LogP) is 2.43. The summed E-state index contributed by atoms with van der Waals surface area (Å²) < 4.78 is 5.26. The second-order valence-corrected chi connectivity index (χ2v) is 8.07. The number of benzene rings is 1. The van der Waals surface area contributed by atoms with Crippen LogP contribution in [0, 0.1) is 5.92 Å². The number of nitrogens with zero attached hydrogens (tertiary/aromatic N) is 1. The minimum absolute atomic E-state index is 0.171. The van der Waals surface area contributed by atoms with Gasteiger partial charge in [0.25, 0.3) is 0 Å². The van der Waals surface area contributed by atoms with E-state index >= 15 is 0 Å². The Morgan fingerprint density at radius 3 is 2.50 bits per heavy atom. The van der Waals surface area contributed by atoms with Crippen LogP contribution in [0.25, 0.3) is 0 Å². The van der Waals surface area contributed by atoms with Crippen molar-refractivity contribution in [1.82, 2.24) is 15.5 Å². The highest BCUT2D eigenvalue weighted by Crippen LogP contribution is 2.24. The molecule has 2 aromatic rings. The molecule has 1 aromatic carbocycles. The first kappa shape index (κ1) is 21.6. The van der Waals surface area contributed by atoms with Crippen molar-refractivity contribution in [3.63, 3.8) is 0 Å². The van der Waals surface area contributed by atoms with Crippen LogP contribution in [0.5, 0.6) is 5.75 Å². The van der Waals surface area contributed by atoms with Gasteiger partial charge in [-0.1, -0.05) is 18.2 Å². The first-order valence-corrected chi connectivity index (χ1v) is 10.7. The number of methoxy groups -OCH3 is 1. The van der Waals surface area contributed by atoms with Gasteiger partial charge in [0.15, 0.2) is 0 Å². The summed E-state index contributed by atoms with van der Waals surface area (Å²) in [6.45, 7) is 1.95. The summed E-state index contributed by atoms with van der Waals surface area (Å²) in [6.07, 6.45) is 1.52. The van der Waals surface area contributed by atoms with Gasteiger partial charge < -0.3 is 25.6 Å². The Morgan fingerprint density at radius 2 is 1.80 bits per heavy atom. The van der Waals surface area contributed by atoms with E-state index in [2.05, 4.69) is 16.0 Å². The molecule has 9 heteroatoms. The maximum atomic E-state index is 12.5. The predicted molar refractivity (Wildman–Crippen MR) is 115 cm³/mol. The minimum atomic E-state index is -0.628. The highest BCUT2D eigenvalue weighted by atomic mass is 32.1. The highest BCUT2D eigenvalue weighted by Gasteiger charge is 2.24. The van der Waals surface area contributed by atoms with Crippen LogP contribution in [0.4, 0.5) is 10.5 Å². The lowest BCUT2D eigenvalue weighted by Crippen LogP contribution is -2.45. The topological polar surface area (TPSA) is 99.8 Å². The van der Waals surface area contributed by atoms with E-state index in [0.717, 1.165) is 17.7 Å². The zero-order chi connectivity index (χ0) is 21.3. The number of thiophene rings is 1. The number of hydrogen-bond donors (Lipinski definition) is 3. The van der Waals surface area contributed by atoms with Crippen LogP contribution in [-0.2, 0) is 16.1 Å². The number of nitrogens with one attached hydrogen (secondary N) is 3. The Balaban J connectivity index is 1.37. The first-order valence-electron chi connectivity index (χ1n) is 9.84. The number of hydrogen-bond acceptors (Lipinski definition) is 5. The Bertz CT molecular complexity index is 864. The molecule has 0 spiro atoms. The van der Waals surface area contributed by atoms with Gasteiger partial charge in [0, 0.05) is 24.5 Å². The zero-order valence-electron chi connectivity index (χ0n) is 16.8. The van der Waals surface area contributed by atoms with Crippen molar-refractivity contribution in [2.75, 3.05) is 32.1 Å². The number of para-hydroxylation sites is 2. The van der Waals surface area contributed by atoms with Crippen molar-refractivity contribution in [2.45, 2.75) is 19.4 Å². The van der Waals surface area contributed by atoms with Gasteiger partial charge in [-0.05, 0) is 42.3 Å². The van der Waals surface area contributed by atoms with Crippen LogP contribution in [0.1, 0.15) is 17.7 Å². The molecule has 160 valence electrons. The maximum absolute atomic E-state index is 12.5. The number of anilines is 1. The standard InChI is InChI=1S/C21H26N4O4S/c1-29-18-7-3-2-6-17(18)24-21(28)25-10-8-15(9-11-25)13-22-19(26)20(27)23-14-16-5-4-12-30-16/h2-7,12,15H,8-11,13-14H2,1H3,(H,22,26)(H,23,27)(H,24,28). The second kappa shape index (κ2) is 10.6. The Hall–Kier alpha value is -3.07. The van der Waals surface area contributed by atoms with Crippen LogP contribution >= 0.6 is 11.3 Å². The normalized spacial score (nSPS) is 14.1. The van der Waals surface area contributed by atoms with Gasteiger partial charge in [-0.3, -0.25) is 9.59 Å². The molecule has 0 bridgehead atoms. The van der Waals surface area contributed by atoms with E-state index in [0.29, 0.717) is 37.6 Å². The van der Waals surface area contributed by atoms with Crippen LogP contribution < -0.4 is 20.7 Å². The molecule has 0 unspecified atom stereocenters. The lowest BCUT2D eigenvalue weighted by Gasteiger charge is -2.32. The molecule has 30 heavy (non-hydrogen) atoms. The summed E-state index contributed by atoms with van der Waals surface area (Å²) in [4.78, 5) is 39.1. The van der Waals surface area contributed by atoms with Crippen LogP contribution in [0.2, 0.25) is 0 Å². The van der Waals surface area contributed by atoms with E-state index in [1.165, 1.54) is 11.3 Å². The number of carbonyl (C=O) groups excluding carboxylic acids is 3. The number of likely N-dealkylation sites (tertiary alicyclic amines) is 1. The van der Waals surface area contributed by atoms with Gasteiger partial charge in [-0.2, -0.15) is 0 Å². The lowest BCUT2D eigenvalue weighted by atomic mass is 9.97. The molecule has 4 amide bonds. The van der Waals surface area contributed by atoms with E-state index in [1.807, 2.05) is 29.6 Å². The van der Waals surface area contributed by atoms with Gasteiger partial charge in [-0.25, -0.2) is 4.79 Å². The third-order valence-electron chi connectivity index (χ3n) is 5.01. The SMILES string of the molecule is COc1ccccc1NC(=O)N1CCC(CNC(=O)C(=O)NCc2cccs2)CC1. The van der Waals surface area contributed by atoms with E-state index in [1.54, 1.807) is 24.1 Å². The van der Waals surface area contributed by atoms with Gasteiger partial charge in [0.2, 0.25) is 0 Å². The molecule has 8 nitrogen and oxygen atoms in total. The first-order chi connectivity index (χ1) is 14.6. The third kappa shape index (κ3) is 5.96. The molecule has 1 aliphatic heterocycles. The fraction of sp³-hybridized carbons (Fsp3) is 0.381. The summed E-state index contributed by atoms with van der Waals surface area (Å²) in [5.41, 5.74) is 0.632. The fourth-order valence-corrected chi connectivity index (χ4v) is 3.91. The van der Waals surface area contributed by atoms with Crippen molar-refractivity contribution in [2.24, 2.45) is 5.92 Å². The Kier molecular flexibility index (Phi) is 7.67. The van der Waals surface area contributed by atoms with E-state index in [-0.39, 0.29) is 11.9 Å². The van der Waals surface area contributed by atoms with Crippen molar-refractivity contribution in [3.8, 4) is 5.75 Å². The summed E-state index contributed by atoms with van der Waals surface area (Å²) in [7, 11) is 1.56. The summed E-state index contributed by atoms with van der Waals surface area (Å²) >= 11 is 1.53. The molecule has 1 saturated heterocycles. The molecule has 0 saturated carbocycles. The molecule has 3 N–H and O–H groups in total. The molecule has 1 aliphatic rings. The number of urea groups is 1. The summed E-state index contributed by atoms with van der Waals surface area (Å²) in [5.74, 6) is -0.407. The van der Waals surface area contributed by atoms with Crippen molar-refractivity contribution < 1.29 is 19.1 Å². The van der Waals surface area contributed by atoms with E-state index in [4.69, 9.17) is 4.74 Å². The van der Waals surface area contributed by atoms with Gasteiger partial charge in [-0.15, -0.1) is 11.3 Å². The van der Waals surface area contributed by atoms with E-state index in [9.17, 15) is 14.4 Å². The molecule has 0 atom stereocenters. The average Bonchev–Trinajstić information content (AvgIpc) is 3.30. The second-order valence-electron chi connectivity index (χ2n) is 7.03. The smallest absolute Gasteiger partial charge is 0.321 e. The number of carbonyl (C=O) groups is 3. The quantitative estimate of drug-likeness (QED) is 0.613. The van der Waals surface area contributed by atoms with Crippen molar-refractivity contribution in [1.29, 1.82) is 0 Å². The molecule has 1 fully saturated rings. The molecular formula is C21H26N4O4S. The molecule has 0 aliphatic carbocycles. The molecular weight excluding hydrogens is 404 g/mol. The van der Waals surface area contributed by atoms with Crippen LogP contribution in [-0.4, -0.2) is 49.5 Å². The fourth-order valence-electron chi connectivity index (χ4n) is 3.26. The average molecular weight is 431 g/mol. The summed E-state index contributed by atoms with van der Waals surface area (Å²) in [6, 6.07) is 10.9. The van der Waals surface area contributed by atoms with Gasteiger partial charge in [0.1, 0.15) is 5.75 Å². The number of piperidine rings is 1. The zero-order valence-corrected chi connectivity index (χ0v) is 17.7. The largest absolute Gasteiger partial charge is 0.495 e. The van der Waals surface area contributed by atoms with Crippen molar-refractivity contribution in [3.05, 3.63) is 46.7 Å². The Labute approximate surface area is 179 Å². The maximum Gasteiger partial charge on any atom is 0.321 e. The number of rotatable bonds is 6. The highest BCUT2D eigenvalue weighted by molar-refractivity contribution is 7.09. The van der Waals surface area contributed by atoms with Gasteiger partial charge in [0.05, 0.1) is 19.3 Å². The van der Waals surface area contributed by atoms with Crippen molar-refractivity contribution >= 4 is 34.9 Å². The lowest BCUT2D eigenvalue weighted by molar-refractivity contribution is -0.139. The molecule has 1 aromatic heterocycles. The van der Waals surface area contributed by atoms with E-state index < -0.39 is 11.8 Å². The monoisotopic (exact) mass is 430 g/mol. The van der Waals surface area contributed by atoms with Crippen LogP contribution in [0.15, 0.2) is 41.8 Å². The third-order valence-corrected chi connectivity index (χ3v) is 5.89. The molecule has 0 radical (unpaired) electrons. The molecule has 3 rings (SSSR count). The Morgan fingerprint density at radius 1 is 1.07 bits per heavy atom. The van der Waals surface area contributed by atoms with Crippen LogP contribution in [0.3, 0.4) is 0 Å².